The van der Waals surface area contributed by atoms with Gasteiger partial charge in [-0.25, -0.2) is 0 Å². The Kier molecular flexibility index (Phi) is 6.99. The van der Waals surface area contributed by atoms with Crippen molar-refractivity contribution in [1.29, 1.82) is 0 Å². The molecule has 154 valence electrons. The monoisotopic (exact) mass is 402 g/mol. The Morgan fingerprint density at radius 2 is 1.50 bits per heavy atom. The van der Waals surface area contributed by atoms with Gasteiger partial charge in [0.15, 0.2) is 0 Å². The van der Waals surface area contributed by atoms with E-state index >= 15 is 0 Å². The molecule has 2 amide bonds. The molecule has 0 fully saturated rings. The van der Waals surface area contributed by atoms with Crippen molar-refractivity contribution < 1.29 is 14.7 Å². The molecular weight excluding hydrogens is 376 g/mol. The lowest BCUT2D eigenvalue weighted by molar-refractivity contribution is 0.102. The molecule has 3 aromatic rings. The van der Waals surface area contributed by atoms with Gasteiger partial charge in [0.1, 0.15) is 0 Å². The highest BCUT2D eigenvalue weighted by molar-refractivity contribution is 6.12. The Balaban J connectivity index is 1.73. The summed E-state index contributed by atoms with van der Waals surface area (Å²) in [5.74, 6) is -0.181. The zero-order valence-electron chi connectivity index (χ0n) is 17.2. The molecule has 0 aromatic heterocycles. The van der Waals surface area contributed by atoms with Crippen molar-refractivity contribution in [1.82, 2.24) is 0 Å². The van der Waals surface area contributed by atoms with Gasteiger partial charge in [0, 0.05) is 17.9 Å². The molecule has 0 unspecified atom stereocenters. The fraction of sp³-hybridized carbons (Fsp3) is 0.200. The SMILES string of the molecule is CC(C)c1ccc(C(=O)Nc2ccccc2C(=O)Nc2ccc(CCO)cc2)cc1. The lowest BCUT2D eigenvalue weighted by atomic mass is 10.0. The summed E-state index contributed by atoms with van der Waals surface area (Å²) in [6, 6.07) is 21.7. The molecular formula is C25H26N2O3. The van der Waals surface area contributed by atoms with Crippen LogP contribution in [0.3, 0.4) is 0 Å². The van der Waals surface area contributed by atoms with Crippen LogP contribution in [0.2, 0.25) is 0 Å². The molecule has 30 heavy (non-hydrogen) atoms. The molecule has 0 aliphatic rings. The Labute approximate surface area is 176 Å². The van der Waals surface area contributed by atoms with E-state index in [1.165, 1.54) is 0 Å². The Morgan fingerprint density at radius 1 is 0.833 bits per heavy atom. The van der Waals surface area contributed by atoms with Crippen molar-refractivity contribution in [2.45, 2.75) is 26.2 Å². The smallest absolute Gasteiger partial charge is 0.257 e. The third-order valence-corrected chi connectivity index (χ3v) is 4.87. The van der Waals surface area contributed by atoms with Crippen LogP contribution >= 0.6 is 0 Å². The van der Waals surface area contributed by atoms with Gasteiger partial charge >= 0.3 is 0 Å². The molecule has 0 radical (unpaired) electrons. The van der Waals surface area contributed by atoms with Crippen LogP contribution in [-0.4, -0.2) is 23.5 Å². The van der Waals surface area contributed by atoms with Crippen LogP contribution in [0.5, 0.6) is 0 Å². The topological polar surface area (TPSA) is 78.4 Å². The number of carbonyl (C=O) groups excluding carboxylic acids is 2. The molecule has 5 heteroatoms. The summed E-state index contributed by atoms with van der Waals surface area (Å²) in [6.45, 7) is 4.28. The van der Waals surface area contributed by atoms with Crippen LogP contribution in [0.4, 0.5) is 11.4 Å². The van der Waals surface area contributed by atoms with E-state index in [4.69, 9.17) is 5.11 Å². The number of aliphatic hydroxyl groups is 1. The van der Waals surface area contributed by atoms with Gasteiger partial charge in [-0.1, -0.05) is 50.2 Å². The van der Waals surface area contributed by atoms with E-state index < -0.39 is 0 Å². The molecule has 0 heterocycles. The first kappa shape index (κ1) is 21.3. The van der Waals surface area contributed by atoms with Crippen LogP contribution in [0.1, 0.15) is 51.6 Å². The first-order valence-electron chi connectivity index (χ1n) is 9.99. The highest BCUT2D eigenvalue weighted by Crippen LogP contribution is 2.20. The average Bonchev–Trinajstić information content (AvgIpc) is 2.75. The number of rotatable bonds is 7. The molecule has 0 saturated carbocycles. The Bertz CT molecular complexity index is 1010. The molecule has 0 aliphatic carbocycles. The fourth-order valence-electron chi connectivity index (χ4n) is 3.09. The van der Waals surface area contributed by atoms with Gasteiger partial charge in [0.05, 0.1) is 11.3 Å². The number of anilines is 2. The Hall–Kier alpha value is -3.44. The number of benzene rings is 3. The number of para-hydroxylation sites is 1. The zero-order chi connectivity index (χ0) is 21.5. The van der Waals surface area contributed by atoms with Gasteiger partial charge in [0.25, 0.3) is 11.8 Å². The maximum atomic E-state index is 12.8. The molecule has 0 aliphatic heterocycles. The second-order valence-electron chi connectivity index (χ2n) is 7.40. The average molecular weight is 402 g/mol. The zero-order valence-corrected chi connectivity index (χ0v) is 17.2. The highest BCUT2D eigenvalue weighted by atomic mass is 16.3. The third kappa shape index (κ3) is 5.33. The van der Waals surface area contributed by atoms with Crippen LogP contribution in [-0.2, 0) is 6.42 Å². The first-order valence-corrected chi connectivity index (χ1v) is 9.99. The van der Waals surface area contributed by atoms with Crippen molar-refractivity contribution in [3.8, 4) is 0 Å². The summed E-state index contributed by atoms with van der Waals surface area (Å²) in [5, 5.41) is 14.7. The minimum atomic E-state index is -0.309. The van der Waals surface area contributed by atoms with Gasteiger partial charge in [-0.2, -0.15) is 0 Å². The van der Waals surface area contributed by atoms with E-state index in [-0.39, 0.29) is 18.4 Å². The lowest BCUT2D eigenvalue weighted by Gasteiger charge is -2.12. The summed E-state index contributed by atoms with van der Waals surface area (Å²) >= 11 is 0. The molecule has 5 nitrogen and oxygen atoms in total. The first-order chi connectivity index (χ1) is 14.5. The normalized spacial score (nSPS) is 10.7. The standard InChI is InChI=1S/C25H26N2O3/c1-17(2)19-9-11-20(12-10-19)24(29)27-23-6-4-3-5-22(23)25(30)26-21-13-7-18(8-14-21)15-16-28/h3-14,17,28H,15-16H2,1-2H3,(H,26,30)(H,27,29). The molecule has 3 rings (SSSR count). The minimum absolute atomic E-state index is 0.0823. The van der Waals surface area contributed by atoms with Crippen molar-refractivity contribution >= 4 is 23.2 Å². The molecule has 0 atom stereocenters. The van der Waals surface area contributed by atoms with E-state index in [1.807, 2.05) is 24.3 Å². The van der Waals surface area contributed by atoms with Crippen molar-refractivity contribution in [2.24, 2.45) is 0 Å². The maximum absolute atomic E-state index is 12.8. The van der Waals surface area contributed by atoms with Gasteiger partial charge in [-0.15, -0.1) is 0 Å². The van der Waals surface area contributed by atoms with Crippen LogP contribution in [0.15, 0.2) is 72.8 Å². The molecule has 3 aromatic carbocycles. The molecule has 0 bridgehead atoms. The van der Waals surface area contributed by atoms with Gasteiger partial charge in [-0.3, -0.25) is 9.59 Å². The maximum Gasteiger partial charge on any atom is 0.257 e. The summed E-state index contributed by atoms with van der Waals surface area (Å²) in [6.07, 6.45) is 0.571. The van der Waals surface area contributed by atoms with Gasteiger partial charge in [-0.05, 0) is 59.9 Å². The van der Waals surface area contributed by atoms with Crippen molar-refractivity contribution in [3.63, 3.8) is 0 Å². The molecule has 3 N–H and O–H groups in total. The minimum Gasteiger partial charge on any atom is -0.396 e. The van der Waals surface area contributed by atoms with Crippen LogP contribution < -0.4 is 10.6 Å². The predicted octanol–water partition coefficient (Wildman–Crippen LogP) is 4.85. The van der Waals surface area contributed by atoms with E-state index in [0.717, 1.165) is 11.1 Å². The number of amides is 2. The quantitative estimate of drug-likeness (QED) is 0.529. The van der Waals surface area contributed by atoms with Crippen LogP contribution in [0, 0.1) is 0 Å². The Morgan fingerprint density at radius 3 is 2.13 bits per heavy atom. The second-order valence-corrected chi connectivity index (χ2v) is 7.40. The summed E-state index contributed by atoms with van der Waals surface area (Å²) in [4.78, 5) is 25.4. The fourth-order valence-corrected chi connectivity index (χ4v) is 3.09. The van der Waals surface area contributed by atoms with Gasteiger partial charge < -0.3 is 15.7 Å². The van der Waals surface area contributed by atoms with Gasteiger partial charge in [0.2, 0.25) is 0 Å². The van der Waals surface area contributed by atoms with E-state index in [2.05, 4.69) is 24.5 Å². The number of nitrogens with one attached hydrogen (secondary N) is 2. The van der Waals surface area contributed by atoms with Crippen molar-refractivity contribution in [3.05, 3.63) is 95.1 Å². The van der Waals surface area contributed by atoms with Crippen LogP contribution in [0.25, 0.3) is 0 Å². The predicted molar refractivity (Wildman–Crippen MR) is 120 cm³/mol. The second kappa shape index (κ2) is 9.85. The highest BCUT2D eigenvalue weighted by Gasteiger charge is 2.14. The van der Waals surface area contributed by atoms with E-state index in [0.29, 0.717) is 34.8 Å². The largest absolute Gasteiger partial charge is 0.396 e. The summed E-state index contributed by atoms with van der Waals surface area (Å²) in [5.41, 5.74) is 4.16. The molecule has 0 spiro atoms. The third-order valence-electron chi connectivity index (χ3n) is 4.87. The molecule has 0 saturated heterocycles. The van der Waals surface area contributed by atoms with E-state index in [1.54, 1.807) is 48.5 Å². The summed E-state index contributed by atoms with van der Waals surface area (Å²) in [7, 11) is 0. The number of carbonyl (C=O) groups is 2. The number of aliphatic hydroxyl groups excluding tert-OH is 1. The summed E-state index contributed by atoms with van der Waals surface area (Å²) < 4.78 is 0. The van der Waals surface area contributed by atoms with E-state index in [9.17, 15) is 9.59 Å². The van der Waals surface area contributed by atoms with Crippen molar-refractivity contribution in [2.75, 3.05) is 17.2 Å². The number of hydrogen-bond acceptors (Lipinski definition) is 3. The number of hydrogen-bond donors (Lipinski definition) is 3. The lowest BCUT2D eigenvalue weighted by Crippen LogP contribution is -2.18.